The highest BCUT2D eigenvalue weighted by atomic mass is 19.4. The molecule has 134 valence electrons. The molecular weight excluding hydrogens is 350 g/mol. The number of nitrogens with two attached hydrogens (primary N) is 1. The number of nitrogens with one attached hydrogen (secondary N) is 1. The van der Waals surface area contributed by atoms with Crippen LogP contribution in [0.3, 0.4) is 0 Å². The van der Waals surface area contributed by atoms with Crippen molar-refractivity contribution in [3.8, 4) is 0 Å². The van der Waals surface area contributed by atoms with E-state index < -0.39 is 28.9 Å². The Morgan fingerprint density at radius 3 is 1.84 bits per heavy atom. The molecule has 0 aliphatic carbocycles. The van der Waals surface area contributed by atoms with Crippen LogP contribution in [0.2, 0.25) is 0 Å². The fourth-order valence-electron chi connectivity index (χ4n) is 2.64. The summed E-state index contributed by atoms with van der Waals surface area (Å²) in [5.74, 6) is 0. The molecular formula is C16H12F6N2O. The molecule has 0 atom stereocenters. The monoisotopic (exact) mass is 362 g/mol. The Balaban J connectivity index is 2.81. The number of anilines is 2. The molecule has 0 aliphatic heterocycles. The summed E-state index contributed by atoms with van der Waals surface area (Å²) in [5.41, 5.74) is -1.09. The summed E-state index contributed by atoms with van der Waals surface area (Å²) in [6, 6.07) is 6.88. The van der Waals surface area contributed by atoms with Crippen LogP contribution in [0, 0.1) is 0 Å². The molecule has 0 radical (unpaired) electrons. The first kappa shape index (κ1) is 18.6. The van der Waals surface area contributed by atoms with Crippen molar-refractivity contribution in [2.75, 3.05) is 11.1 Å². The van der Waals surface area contributed by atoms with Gasteiger partial charge in [0, 0.05) is 11.4 Å². The van der Waals surface area contributed by atoms with Crippen molar-refractivity contribution in [1.82, 2.24) is 0 Å². The van der Waals surface area contributed by atoms with Gasteiger partial charge in [-0.05, 0) is 35.4 Å². The van der Waals surface area contributed by atoms with E-state index in [0.29, 0.717) is 18.2 Å². The molecule has 0 unspecified atom stereocenters. The SMILES string of the molecule is Nc1cccc(C(c2ccc(NC=O)cc2)(C(F)(F)F)C(F)(F)F)c1. The quantitative estimate of drug-likeness (QED) is 0.485. The molecule has 0 aliphatic rings. The number of nitrogen functional groups attached to an aromatic ring is 1. The number of hydrogen-bond acceptors (Lipinski definition) is 2. The van der Waals surface area contributed by atoms with Gasteiger partial charge in [-0.3, -0.25) is 4.79 Å². The standard InChI is InChI=1S/C16H12F6N2O/c17-15(18,19)14(16(20,21)22,11-2-1-3-12(23)8-11)10-4-6-13(7-5-10)24-9-25/h1-9H,23H2,(H,24,25). The summed E-state index contributed by atoms with van der Waals surface area (Å²) in [4.78, 5) is 10.3. The zero-order chi connectivity index (χ0) is 18.9. The van der Waals surface area contributed by atoms with E-state index in [9.17, 15) is 31.1 Å². The molecule has 3 nitrogen and oxygen atoms in total. The largest absolute Gasteiger partial charge is 0.411 e. The number of benzene rings is 2. The predicted molar refractivity (Wildman–Crippen MR) is 79.9 cm³/mol. The van der Waals surface area contributed by atoms with E-state index in [1.54, 1.807) is 0 Å². The molecule has 2 aromatic rings. The molecule has 2 aromatic carbocycles. The zero-order valence-corrected chi connectivity index (χ0v) is 12.4. The molecule has 0 saturated carbocycles. The van der Waals surface area contributed by atoms with Gasteiger partial charge < -0.3 is 11.1 Å². The van der Waals surface area contributed by atoms with Gasteiger partial charge in [0.15, 0.2) is 0 Å². The Morgan fingerprint density at radius 2 is 1.40 bits per heavy atom. The average Bonchev–Trinajstić information content (AvgIpc) is 2.47. The average molecular weight is 362 g/mol. The topological polar surface area (TPSA) is 55.1 Å². The van der Waals surface area contributed by atoms with Gasteiger partial charge in [-0.1, -0.05) is 24.3 Å². The molecule has 0 heterocycles. The van der Waals surface area contributed by atoms with Crippen LogP contribution in [-0.2, 0) is 10.2 Å². The van der Waals surface area contributed by atoms with E-state index in [4.69, 9.17) is 5.73 Å². The maximum absolute atomic E-state index is 13.8. The van der Waals surface area contributed by atoms with Crippen LogP contribution < -0.4 is 11.1 Å². The summed E-state index contributed by atoms with van der Waals surface area (Å²) < 4.78 is 82.7. The Hall–Kier alpha value is -2.71. The number of amides is 1. The molecule has 0 fully saturated rings. The third-order valence-electron chi connectivity index (χ3n) is 3.71. The molecule has 9 heteroatoms. The summed E-state index contributed by atoms with van der Waals surface area (Å²) in [6.07, 6.45) is -11.1. The minimum Gasteiger partial charge on any atom is -0.399 e. The number of carbonyl (C=O) groups excluding carboxylic acids is 1. The molecule has 2 rings (SSSR count). The van der Waals surface area contributed by atoms with Crippen LogP contribution in [0.5, 0.6) is 0 Å². The second-order valence-electron chi connectivity index (χ2n) is 5.21. The van der Waals surface area contributed by atoms with Crippen LogP contribution in [0.4, 0.5) is 37.7 Å². The number of rotatable bonds is 4. The third kappa shape index (κ3) is 3.13. The second kappa shape index (κ2) is 6.30. The van der Waals surface area contributed by atoms with E-state index in [1.807, 2.05) is 0 Å². The lowest BCUT2D eigenvalue weighted by atomic mass is 9.72. The number of carbonyl (C=O) groups is 1. The summed E-state index contributed by atoms with van der Waals surface area (Å²) in [7, 11) is 0. The van der Waals surface area contributed by atoms with Crippen LogP contribution in [0.1, 0.15) is 11.1 Å². The van der Waals surface area contributed by atoms with Gasteiger partial charge in [0.25, 0.3) is 0 Å². The van der Waals surface area contributed by atoms with Crippen molar-refractivity contribution >= 4 is 17.8 Å². The second-order valence-corrected chi connectivity index (χ2v) is 5.21. The van der Waals surface area contributed by atoms with E-state index in [1.165, 1.54) is 6.07 Å². The van der Waals surface area contributed by atoms with Crippen molar-refractivity contribution < 1.29 is 31.1 Å². The molecule has 0 bridgehead atoms. The number of alkyl halides is 6. The van der Waals surface area contributed by atoms with Crippen molar-refractivity contribution in [2.24, 2.45) is 0 Å². The Bertz CT molecular complexity index is 738. The normalized spacial score (nSPS) is 12.7. The first-order valence-corrected chi connectivity index (χ1v) is 6.84. The molecule has 25 heavy (non-hydrogen) atoms. The van der Waals surface area contributed by atoms with Gasteiger partial charge in [-0.15, -0.1) is 0 Å². The molecule has 3 N–H and O–H groups in total. The van der Waals surface area contributed by atoms with Gasteiger partial charge in [-0.25, -0.2) is 0 Å². The third-order valence-corrected chi connectivity index (χ3v) is 3.71. The predicted octanol–water partition coefficient (Wildman–Crippen LogP) is 4.25. The molecule has 0 spiro atoms. The first-order valence-electron chi connectivity index (χ1n) is 6.84. The van der Waals surface area contributed by atoms with E-state index >= 15 is 0 Å². The van der Waals surface area contributed by atoms with Crippen LogP contribution >= 0.6 is 0 Å². The maximum Gasteiger partial charge on any atom is 0.411 e. The minimum atomic E-state index is -5.68. The zero-order valence-electron chi connectivity index (χ0n) is 12.4. The Kier molecular flexibility index (Phi) is 4.70. The van der Waals surface area contributed by atoms with Gasteiger partial charge in [0.2, 0.25) is 11.8 Å². The lowest BCUT2D eigenvalue weighted by Crippen LogP contribution is -2.54. The van der Waals surface area contributed by atoms with Crippen LogP contribution in [0.25, 0.3) is 0 Å². The highest BCUT2D eigenvalue weighted by molar-refractivity contribution is 5.71. The van der Waals surface area contributed by atoms with E-state index in [-0.39, 0.29) is 17.8 Å². The summed E-state index contributed by atoms with van der Waals surface area (Å²) >= 11 is 0. The lowest BCUT2D eigenvalue weighted by Gasteiger charge is -2.38. The van der Waals surface area contributed by atoms with E-state index in [2.05, 4.69) is 5.32 Å². The van der Waals surface area contributed by atoms with Crippen molar-refractivity contribution in [2.45, 2.75) is 17.8 Å². The fraction of sp³-hybridized carbons (Fsp3) is 0.188. The van der Waals surface area contributed by atoms with Gasteiger partial charge in [0.05, 0.1) is 0 Å². The number of halogens is 6. The van der Waals surface area contributed by atoms with E-state index in [0.717, 1.165) is 24.3 Å². The maximum atomic E-state index is 13.8. The smallest absolute Gasteiger partial charge is 0.399 e. The molecule has 0 aromatic heterocycles. The van der Waals surface area contributed by atoms with Crippen molar-refractivity contribution in [1.29, 1.82) is 0 Å². The number of hydrogen-bond donors (Lipinski definition) is 2. The van der Waals surface area contributed by atoms with Crippen LogP contribution in [-0.4, -0.2) is 18.8 Å². The Labute approximate surface area is 138 Å². The highest BCUT2D eigenvalue weighted by Gasteiger charge is 2.72. The summed E-state index contributed by atoms with van der Waals surface area (Å²) in [5, 5.41) is 2.15. The van der Waals surface area contributed by atoms with Gasteiger partial charge >= 0.3 is 12.4 Å². The van der Waals surface area contributed by atoms with Crippen molar-refractivity contribution in [3.05, 3.63) is 59.7 Å². The van der Waals surface area contributed by atoms with Crippen molar-refractivity contribution in [3.63, 3.8) is 0 Å². The van der Waals surface area contributed by atoms with Gasteiger partial charge in [0.1, 0.15) is 0 Å². The lowest BCUT2D eigenvalue weighted by molar-refractivity contribution is -0.288. The fourth-order valence-corrected chi connectivity index (χ4v) is 2.64. The molecule has 0 saturated heterocycles. The summed E-state index contributed by atoms with van der Waals surface area (Å²) in [6.45, 7) is 0. The molecule has 1 amide bonds. The Morgan fingerprint density at radius 1 is 0.840 bits per heavy atom. The van der Waals surface area contributed by atoms with Crippen LogP contribution in [0.15, 0.2) is 48.5 Å². The minimum absolute atomic E-state index is 0.0598. The highest BCUT2D eigenvalue weighted by Crippen LogP contribution is 2.56. The first-order chi connectivity index (χ1) is 11.5. The van der Waals surface area contributed by atoms with Gasteiger partial charge in [-0.2, -0.15) is 26.3 Å².